The van der Waals surface area contributed by atoms with Crippen molar-refractivity contribution in [1.29, 1.82) is 0 Å². The van der Waals surface area contributed by atoms with Gasteiger partial charge in [-0.05, 0) is 26.0 Å². The fraction of sp³-hybridized carbons (Fsp3) is 0.214. The molecule has 3 nitrogen and oxygen atoms in total. The highest BCUT2D eigenvalue weighted by atomic mass is 16.1. The number of nitrogens with two attached hydrogens (primary N) is 1. The molecule has 17 heavy (non-hydrogen) atoms. The molecule has 1 aromatic heterocycles. The Morgan fingerprint density at radius 2 is 1.82 bits per heavy atom. The van der Waals surface area contributed by atoms with Crippen LogP contribution in [0.5, 0.6) is 0 Å². The average molecular weight is 228 g/mol. The van der Waals surface area contributed by atoms with Crippen molar-refractivity contribution in [1.82, 2.24) is 4.57 Å². The van der Waals surface area contributed by atoms with Gasteiger partial charge in [0.1, 0.15) is 0 Å². The third-order valence-corrected chi connectivity index (χ3v) is 2.85. The number of hydrogen-bond acceptors (Lipinski definition) is 2. The van der Waals surface area contributed by atoms with Crippen molar-refractivity contribution in [2.24, 2.45) is 5.73 Å². The first-order chi connectivity index (χ1) is 8.11. The van der Waals surface area contributed by atoms with Gasteiger partial charge in [0.05, 0.1) is 0 Å². The fourth-order valence-corrected chi connectivity index (χ4v) is 1.81. The maximum atomic E-state index is 11.6. The lowest BCUT2D eigenvalue weighted by Crippen LogP contribution is -2.16. The van der Waals surface area contributed by atoms with Gasteiger partial charge in [0.25, 0.3) is 0 Å². The minimum Gasteiger partial charge on any atom is -0.326 e. The smallest absolute Gasteiger partial charge is 0.186 e. The second-order valence-corrected chi connectivity index (χ2v) is 4.21. The summed E-state index contributed by atoms with van der Waals surface area (Å²) < 4.78 is 1.99. The predicted molar refractivity (Wildman–Crippen MR) is 69.4 cm³/mol. The van der Waals surface area contributed by atoms with Crippen LogP contribution in [0, 0.1) is 13.8 Å². The molecule has 88 valence electrons. The Labute approximate surface area is 101 Å². The van der Waals surface area contributed by atoms with Gasteiger partial charge < -0.3 is 10.3 Å². The van der Waals surface area contributed by atoms with Crippen molar-refractivity contribution in [3.05, 3.63) is 63.6 Å². The lowest BCUT2D eigenvalue weighted by Gasteiger charge is -2.12. The number of benzene rings is 1. The van der Waals surface area contributed by atoms with Gasteiger partial charge in [0.15, 0.2) is 5.43 Å². The molecule has 0 fully saturated rings. The molecule has 0 saturated heterocycles. The number of nitrogens with zero attached hydrogens (tertiary/aromatic N) is 1. The van der Waals surface area contributed by atoms with Crippen molar-refractivity contribution in [3.63, 3.8) is 0 Å². The van der Waals surface area contributed by atoms with Gasteiger partial charge in [0, 0.05) is 35.8 Å². The molecular weight excluding hydrogens is 212 g/mol. The van der Waals surface area contributed by atoms with Crippen LogP contribution < -0.4 is 11.2 Å². The molecule has 0 spiro atoms. The van der Waals surface area contributed by atoms with Gasteiger partial charge in [-0.15, -0.1) is 0 Å². The number of aryl methyl sites for hydroxylation is 2. The molecule has 0 radical (unpaired) electrons. The van der Waals surface area contributed by atoms with E-state index < -0.39 is 0 Å². The first-order valence-corrected chi connectivity index (χ1v) is 5.61. The summed E-state index contributed by atoms with van der Waals surface area (Å²) in [7, 11) is 0. The van der Waals surface area contributed by atoms with Crippen LogP contribution >= 0.6 is 0 Å². The number of rotatable bonds is 2. The molecule has 1 heterocycles. The summed E-state index contributed by atoms with van der Waals surface area (Å²) in [5.74, 6) is 0. The molecule has 0 bridgehead atoms. The summed E-state index contributed by atoms with van der Waals surface area (Å²) in [5, 5.41) is 0. The van der Waals surface area contributed by atoms with E-state index in [0.717, 1.165) is 11.4 Å². The zero-order valence-electron chi connectivity index (χ0n) is 10.1. The summed E-state index contributed by atoms with van der Waals surface area (Å²) in [6, 6.07) is 9.80. The van der Waals surface area contributed by atoms with E-state index in [1.165, 1.54) is 5.56 Å². The average Bonchev–Trinajstić information content (AvgIpc) is 2.31. The first kappa shape index (κ1) is 11.6. The Morgan fingerprint density at radius 1 is 1.18 bits per heavy atom. The van der Waals surface area contributed by atoms with Crippen LogP contribution in [0.2, 0.25) is 0 Å². The Bertz CT molecular complexity index is 582. The van der Waals surface area contributed by atoms with E-state index in [1.807, 2.05) is 36.7 Å². The minimum atomic E-state index is 0.00774. The zero-order chi connectivity index (χ0) is 12.4. The first-order valence-electron chi connectivity index (χ1n) is 5.61. The van der Waals surface area contributed by atoms with E-state index in [0.29, 0.717) is 5.56 Å². The molecule has 0 saturated carbocycles. The Balaban J connectivity index is 2.59. The molecule has 2 aromatic rings. The Hall–Kier alpha value is -1.87. The fourth-order valence-electron chi connectivity index (χ4n) is 1.81. The van der Waals surface area contributed by atoms with E-state index in [9.17, 15) is 4.79 Å². The second-order valence-electron chi connectivity index (χ2n) is 4.21. The summed E-state index contributed by atoms with van der Waals surface area (Å²) in [5.41, 5.74) is 9.37. The van der Waals surface area contributed by atoms with Crippen molar-refractivity contribution in [2.45, 2.75) is 20.4 Å². The molecule has 2 rings (SSSR count). The zero-order valence-corrected chi connectivity index (χ0v) is 10.1. The van der Waals surface area contributed by atoms with E-state index >= 15 is 0 Å². The van der Waals surface area contributed by atoms with Gasteiger partial charge in [-0.1, -0.05) is 17.7 Å². The van der Waals surface area contributed by atoms with E-state index in [2.05, 4.69) is 12.1 Å². The summed E-state index contributed by atoms with van der Waals surface area (Å²) in [6.07, 6.45) is 1.82. The quantitative estimate of drug-likeness (QED) is 0.853. The highest BCUT2D eigenvalue weighted by molar-refractivity contribution is 5.37. The lowest BCUT2D eigenvalue weighted by atomic mass is 10.2. The molecule has 0 aliphatic rings. The Morgan fingerprint density at radius 3 is 2.41 bits per heavy atom. The molecule has 1 aromatic carbocycles. The normalized spacial score (nSPS) is 10.5. The van der Waals surface area contributed by atoms with Crippen LogP contribution in [0.4, 0.5) is 0 Å². The maximum Gasteiger partial charge on any atom is 0.186 e. The van der Waals surface area contributed by atoms with Crippen LogP contribution in [0.1, 0.15) is 16.8 Å². The third-order valence-electron chi connectivity index (χ3n) is 2.85. The van der Waals surface area contributed by atoms with Crippen LogP contribution in [0.3, 0.4) is 0 Å². The van der Waals surface area contributed by atoms with Crippen LogP contribution in [-0.4, -0.2) is 4.57 Å². The van der Waals surface area contributed by atoms with Crippen LogP contribution in [0.25, 0.3) is 5.69 Å². The summed E-state index contributed by atoms with van der Waals surface area (Å²) >= 11 is 0. The maximum absolute atomic E-state index is 11.6. The topological polar surface area (TPSA) is 48.0 Å². The molecule has 0 unspecified atom stereocenters. The molecular formula is C14H16N2O. The highest BCUT2D eigenvalue weighted by Crippen LogP contribution is 2.12. The van der Waals surface area contributed by atoms with Crippen LogP contribution in [-0.2, 0) is 6.54 Å². The molecule has 2 N–H and O–H groups in total. The van der Waals surface area contributed by atoms with Crippen LogP contribution in [0.15, 0.2) is 41.3 Å². The van der Waals surface area contributed by atoms with Crippen molar-refractivity contribution in [2.75, 3.05) is 0 Å². The van der Waals surface area contributed by atoms with Crippen molar-refractivity contribution >= 4 is 0 Å². The monoisotopic (exact) mass is 228 g/mol. The standard InChI is InChI=1S/C14H16N2O/c1-10-3-5-13(6-4-10)16-9-12(8-15)14(17)7-11(16)2/h3-7,9H,8,15H2,1-2H3. The van der Waals surface area contributed by atoms with Crippen molar-refractivity contribution < 1.29 is 0 Å². The SMILES string of the molecule is Cc1ccc(-n2cc(CN)c(=O)cc2C)cc1. The number of hydrogen-bond donors (Lipinski definition) is 1. The molecule has 3 heteroatoms. The third kappa shape index (κ3) is 2.29. The summed E-state index contributed by atoms with van der Waals surface area (Å²) in [6.45, 7) is 4.24. The molecule has 0 aliphatic carbocycles. The highest BCUT2D eigenvalue weighted by Gasteiger charge is 2.04. The largest absolute Gasteiger partial charge is 0.326 e. The number of pyridine rings is 1. The number of aromatic nitrogens is 1. The second kappa shape index (κ2) is 4.55. The van der Waals surface area contributed by atoms with Gasteiger partial charge in [-0.3, -0.25) is 4.79 Å². The van der Waals surface area contributed by atoms with Gasteiger partial charge in [-0.25, -0.2) is 0 Å². The van der Waals surface area contributed by atoms with E-state index in [4.69, 9.17) is 5.73 Å². The van der Waals surface area contributed by atoms with Crippen molar-refractivity contribution in [3.8, 4) is 5.69 Å². The predicted octanol–water partition coefficient (Wildman–Crippen LogP) is 1.91. The Kier molecular flexibility index (Phi) is 3.11. The molecule has 0 amide bonds. The lowest BCUT2D eigenvalue weighted by molar-refractivity contribution is 0.922. The summed E-state index contributed by atoms with van der Waals surface area (Å²) in [4.78, 5) is 11.6. The van der Waals surface area contributed by atoms with E-state index in [1.54, 1.807) is 6.07 Å². The van der Waals surface area contributed by atoms with E-state index in [-0.39, 0.29) is 12.0 Å². The van der Waals surface area contributed by atoms with Gasteiger partial charge in [0.2, 0.25) is 0 Å². The molecule has 0 atom stereocenters. The minimum absolute atomic E-state index is 0.00774. The van der Waals surface area contributed by atoms with Gasteiger partial charge in [-0.2, -0.15) is 0 Å². The molecule has 0 aliphatic heterocycles. The van der Waals surface area contributed by atoms with Gasteiger partial charge >= 0.3 is 0 Å².